The minimum atomic E-state index is -4.30. The van der Waals surface area contributed by atoms with Crippen molar-refractivity contribution < 1.29 is 128 Å². The molecule has 180 valence electrons. The second-order valence-electron chi connectivity index (χ2n) is 5.98. The van der Waals surface area contributed by atoms with E-state index in [1.165, 1.54) is 36.4 Å². The quantitative estimate of drug-likeness (QED) is 0.154. The van der Waals surface area contributed by atoms with Crippen LogP contribution in [-0.4, -0.2) is 38.9 Å². The van der Waals surface area contributed by atoms with Crippen LogP contribution in [0.1, 0.15) is 0 Å². The third kappa shape index (κ3) is 15.5. The molecule has 36 heavy (non-hydrogen) atoms. The zero-order chi connectivity index (χ0) is 25.4. The molecule has 0 aliphatic rings. The van der Waals surface area contributed by atoms with E-state index in [1.54, 1.807) is 36.4 Å². The molecule has 0 fully saturated rings. The zero-order valence-electron chi connectivity index (χ0n) is 19.6. The Morgan fingerprint density at radius 2 is 0.583 bits per heavy atom. The van der Waals surface area contributed by atoms with Crippen molar-refractivity contribution >= 4 is 74.0 Å². The van der Waals surface area contributed by atoms with Crippen LogP contribution in [0.3, 0.4) is 0 Å². The normalized spacial score (nSPS) is 10.5. The van der Waals surface area contributed by atoms with Gasteiger partial charge in [0.15, 0.2) is 0 Å². The molecule has 9 nitrogen and oxygen atoms in total. The van der Waals surface area contributed by atoms with Gasteiger partial charge < -0.3 is 13.7 Å². The summed E-state index contributed by atoms with van der Waals surface area (Å²) >= 11 is 0. The molecule has 0 N–H and O–H groups in total. The smallest absolute Gasteiger partial charge is 0.744 e. The molecule has 0 saturated heterocycles. The molecule has 0 amide bonds. The van der Waals surface area contributed by atoms with Crippen molar-refractivity contribution in [3.8, 4) is 0 Å². The van der Waals surface area contributed by atoms with Gasteiger partial charge in [0.2, 0.25) is 0 Å². The Balaban J connectivity index is -0.000000436. The summed E-state index contributed by atoms with van der Waals surface area (Å²) in [5.41, 5.74) is 0. The predicted octanol–water partition coefficient (Wildman–Crippen LogP) is -8.71. The molecule has 0 bridgehead atoms. The fourth-order valence-corrected chi connectivity index (χ4v) is 5.85. The van der Waals surface area contributed by atoms with E-state index in [0.29, 0.717) is 15.9 Å². The van der Waals surface area contributed by atoms with Gasteiger partial charge in [-0.25, -0.2) is 25.3 Å². The maximum Gasteiger partial charge on any atom is 1.00 e. The molecule has 3 aromatic carbocycles. The second kappa shape index (κ2) is 18.9. The van der Waals surface area contributed by atoms with Crippen LogP contribution >= 0.6 is 27.7 Å². The first-order valence-corrected chi connectivity index (χ1v) is 14.4. The van der Waals surface area contributed by atoms with Crippen molar-refractivity contribution in [2.45, 2.75) is 14.7 Å². The Hall–Kier alpha value is 1.68. The minimum absolute atomic E-state index is 0. The molecule has 0 aromatic heterocycles. The fraction of sp³-hybridized carbons (Fsp3) is 0. The van der Waals surface area contributed by atoms with Gasteiger partial charge in [-0.2, -0.15) is 0 Å². The van der Waals surface area contributed by atoms with E-state index in [2.05, 4.69) is 27.7 Å². The molecule has 3 rings (SSSR count). The fourth-order valence-electron chi connectivity index (χ4n) is 2.12. The number of benzene rings is 3. The Kier molecular flexibility index (Phi) is 22.2. The van der Waals surface area contributed by atoms with Gasteiger partial charge in [0.25, 0.3) is 0 Å². The first-order valence-electron chi connectivity index (χ1n) is 8.46. The van der Waals surface area contributed by atoms with Crippen LogP contribution in [0.15, 0.2) is 87.5 Å². The van der Waals surface area contributed by atoms with Crippen molar-refractivity contribution in [2.24, 2.45) is 0 Å². The van der Waals surface area contributed by atoms with Crippen molar-refractivity contribution in [1.29, 1.82) is 0 Å². The first kappa shape index (κ1) is 42.2. The van der Waals surface area contributed by atoms with E-state index >= 15 is 0 Å². The first-order chi connectivity index (χ1) is 15.0. The molecular weight excluding hydrogens is 618 g/mol. The van der Waals surface area contributed by atoms with Gasteiger partial charge in [-0.05, 0) is 34.1 Å². The van der Waals surface area contributed by atoms with E-state index in [1.807, 2.05) is 0 Å². The molecular formula is C18H18Na3O9P3S3. The van der Waals surface area contributed by atoms with Crippen LogP contribution < -0.4 is 105 Å². The molecule has 3 atom stereocenters. The summed E-state index contributed by atoms with van der Waals surface area (Å²) in [4.78, 5) is -0.528. The van der Waals surface area contributed by atoms with E-state index in [0.717, 1.165) is 0 Å². The van der Waals surface area contributed by atoms with Gasteiger partial charge in [-0.3, -0.25) is 0 Å². The van der Waals surface area contributed by atoms with Gasteiger partial charge in [-0.15, -0.1) is 27.7 Å². The summed E-state index contributed by atoms with van der Waals surface area (Å²) in [7, 11) is -6.33. The molecule has 3 aromatic rings. The number of hydrogen-bond acceptors (Lipinski definition) is 9. The van der Waals surface area contributed by atoms with Crippen LogP contribution in [0.25, 0.3) is 0 Å². The minimum Gasteiger partial charge on any atom is -0.744 e. The summed E-state index contributed by atoms with van der Waals surface area (Å²) in [6.07, 6.45) is 0. The summed E-state index contributed by atoms with van der Waals surface area (Å²) < 4.78 is 94.4. The molecule has 0 heterocycles. The van der Waals surface area contributed by atoms with Crippen LogP contribution in [0.2, 0.25) is 0 Å². The van der Waals surface area contributed by atoms with Crippen LogP contribution in [0.5, 0.6) is 0 Å². The van der Waals surface area contributed by atoms with Gasteiger partial charge in [-0.1, -0.05) is 54.6 Å². The number of rotatable bonds is 3. The second-order valence-corrected chi connectivity index (χ2v) is 11.9. The van der Waals surface area contributed by atoms with E-state index in [9.17, 15) is 38.9 Å². The summed E-state index contributed by atoms with van der Waals surface area (Å²) in [5.74, 6) is 0. The molecule has 0 radical (unpaired) electrons. The van der Waals surface area contributed by atoms with Crippen molar-refractivity contribution in [1.82, 2.24) is 0 Å². The summed E-state index contributed by atoms with van der Waals surface area (Å²) in [6, 6.07) is 18.0. The average molecular weight is 636 g/mol. The largest absolute Gasteiger partial charge is 1.00 e. The summed E-state index contributed by atoms with van der Waals surface area (Å²) in [6.45, 7) is 0. The van der Waals surface area contributed by atoms with Crippen molar-refractivity contribution in [3.05, 3.63) is 72.8 Å². The third-order valence-corrected chi connectivity index (χ3v) is 8.43. The zero-order valence-corrected chi connectivity index (χ0v) is 31.5. The summed E-state index contributed by atoms with van der Waals surface area (Å²) in [5, 5.41) is 1.22. The SMILES string of the molecule is O=S(=O)([O-])c1ccccc1P.O=S(=O)([O-])c1ccccc1P.O=S(=O)([O-])c1ccccc1P.[Na+].[Na+].[Na+]. The maximum atomic E-state index is 10.5. The number of hydrogen-bond donors (Lipinski definition) is 0. The predicted molar refractivity (Wildman–Crippen MR) is 131 cm³/mol. The van der Waals surface area contributed by atoms with E-state index in [4.69, 9.17) is 0 Å². The average Bonchev–Trinajstić information content (AvgIpc) is 2.67. The Morgan fingerprint density at radius 1 is 0.417 bits per heavy atom. The van der Waals surface area contributed by atoms with Crippen molar-refractivity contribution in [2.75, 3.05) is 0 Å². The molecule has 18 heteroatoms. The van der Waals surface area contributed by atoms with Gasteiger partial charge in [0.05, 0.1) is 14.7 Å². The Bertz CT molecular complexity index is 1260. The van der Waals surface area contributed by atoms with Gasteiger partial charge in [0, 0.05) is 0 Å². The van der Waals surface area contributed by atoms with E-state index < -0.39 is 30.4 Å². The monoisotopic (exact) mass is 636 g/mol. The standard InChI is InChI=1S/3C6H7O3PS.3Na/c3*7-11(8,9)6-4-2-1-3-5(6)10;;;/h3*1-4H,10H2,(H,7,8,9);;;/q;;;3*+1/p-3. The molecule has 0 aliphatic carbocycles. The molecule has 0 spiro atoms. The van der Waals surface area contributed by atoms with Gasteiger partial charge >= 0.3 is 88.7 Å². The van der Waals surface area contributed by atoms with Crippen LogP contribution in [0.4, 0.5) is 0 Å². The molecule has 0 saturated carbocycles. The van der Waals surface area contributed by atoms with Gasteiger partial charge in [0.1, 0.15) is 30.4 Å². The van der Waals surface area contributed by atoms with E-state index in [-0.39, 0.29) is 103 Å². The van der Waals surface area contributed by atoms with Crippen LogP contribution in [-0.2, 0) is 30.4 Å². The Morgan fingerprint density at radius 3 is 0.694 bits per heavy atom. The molecule has 0 aliphatic heterocycles. The molecule has 3 unspecified atom stereocenters. The van der Waals surface area contributed by atoms with Crippen molar-refractivity contribution in [3.63, 3.8) is 0 Å². The topological polar surface area (TPSA) is 172 Å². The third-order valence-electron chi connectivity index (χ3n) is 3.57. The van der Waals surface area contributed by atoms with Crippen LogP contribution in [0, 0.1) is 0 Å². The Labute approximate surface area is 285 Å². The maximum absolute atomic E-state index is 10.5.